The Morgan fingerprint density at radius 2 is 1.97 bits per heavy atom. The Balaban J connectivity index is 1.28. The smallest absolute Gasteiger partial charge is 0.391 e. The molecule has 0 radical (unpaired) electrons. The minimum absolute atomic E-state index is 0.122. The number of hydrogen-bond donors (Lipinski definition) is 1. The summed E-state index contributed by atoms with van der Waals surface area (Å²) in [5.74, 6) is -0.196. The first-order valence-electron chi connectivity index (χ1n) is 11.0. The molecule has 3 aromatic heterocycles. The minimum Gasteiger partial charge on any atom is -0.492 e. The van der Waals surface area contributed by atoms with Gasteiger partial charge in [0.15, 0.2) is 5.76 Å². The van der Waals surface area contributed by atoms with Crippen LogP contribution in [0.5, 0.6) is 5.75 Å². The lowest BCUT2D eigenvalue weighted by Crippen LogP contribution is -2.40. The summed E-state index contributed by atoms with van der Waals surface area (Å²) in [7, 11) is 0. The lowest BCUT2D eigenvalue weighted by atomic mass is 9.96. The number of fused-ring (bicyclic) bond motifs is 2. The van der Waals surface area contributed by atoms with Gasteiger partial charge in [0.25, 0.3) is 0 Å². The summed E-state index contributed by atoms with van der Waals surface area (Å²) in [5.41, 5.74) is 2.06. The fraction of sp³-hybridized carbons (Fsp3) is 0.333. The first-order valence-corrected chi connectivity index (χ1v) is 11.0. The molecule has 0 unspecified atom stereocenters. The van der Waals surface area contributed by atoms with Crippen LogP contribution in [0.2, 0.25) is 0 Å². The number of alkyl halides is 3. The highest BCUT2D eigenvalue weighted by Crippen LogP contribution is 2.34. The third kappa shape index (κ3) is 4.58. The largest absolute Gasteiger partial charge is 0.492 e. The Morgan fingerprint density at radius 1 is 1.15 bits per heavy atom. The van der Waals surface area contributed by atoms with Gasteiger partial charge in [0.1, 0.15) is 29.0 Å². The van der Waals surface area contributed by atoms with Crippen LogP contribution in [0.1, 0.15) is 12.8 Å². The van der Waals surface area contributed by atoms with E-state index >= 15 is 0 Å². The Bertz CT molecular complexity index is 1370. The van der Waals surface area contributed by atoms with Crippen molar-refractivity contribution in [2.45, 2.75) is 19.0 Å². The van der Waals surface area contributed by atoms with Gasteiger partial charge in [-0.3, -0.25) is 4.90 Å². The van der Waals surface area contributed by atoms with Crippen molar-refractivity contribution in [3.05, 3.63) is 60.3 Å². The van der Waals surface area contributed by atoms with Gasteiger partial charge >= 0.3 is 6.18 Å². The zero-order valence-corrected chi connectivity index (χ0v) is 18.2. The minimum atomic E-state index is -4.11. The van der Waals surface area contributed by atoms with Crippen LogP contribution in [0.3, 0.4) is 0 Å². The van der Waals surface area contributed by atoms with Crippen molar-refractivity contribution in [1.82, 2.24) is 14.3 Å². The van der Waals surface area contributed by atoms with E-state index in [1.165, 1.54) is 0 Å². The molecular formula is C24H23F3N4O3. The van der Waals surface area contributed by atoms with E-state index in [0.29, 0.717) is 59.8 Å². The average molecular weight is 472 g/mol. The zero-order chi connectivity index (χ0) is 23.7. The van der Waals surface area contributed by atoms with Crippen LogP contribution in [0.15, 0.2) is 64.6 Å². The maximum absolute atomic E-state index is 12.8. The highest BCUT2D eigenvalue weighted by molar-refractivity contribution is 5.80. The molecule has 0 aliphatic carbocycles. The number of hydrogen-bond acceptors (Lipinski definition) is 6. The summed E-state index contributed by atoms with van der Waals surface area (Å²) < 4.78 is 52.2. The molecule has 0 spiro atoms. The first kappa shape index (κ1) is 22.3. The van der Waals surface area contributed by atoms with Crippen molar-refractivity contribution in [2.75, 3.05) is 26.2 Å². The van der Waals surface area contributed by atoms with Crippen molar-refractivity contribution in [3.8, 4) is 17.2 Å². The number of benzene rings is 1. The van der Waals surface area contributed by atoms with Crippen LogP contribution in [-0.4, -0.2) is 51.9 Å². The topological polar surface area (TPSA) is 75.5 Å². The number of likely N-dealkylation sites (tertiary alicyclic amines) is 1. The van der Waals surface area contributed by atoms with Gasteiger partial charge in [0.05, 0.1) is 17.6 Å². The van der Waals surface area contributed by atoms with Crippen molar-refractivity contribution in [2.24, 2.45) is 11.1 Å². The number of halogens is 3. The summed E-state index contributed by atoms with van der Waals surface area (Å²) in [6.45, 7) is 1.69. The highest BCUT2D eigenvalue weighted by Gasteiger charge is 2.40. The van der Waals surface area contributed by atoms with Gasteiger partial charge in [0, 0.05) is 24.3 Å². The molecule has 0 saturated carbocycles. The van der Waals surface area contributed by atoms with Crippen molar-refractivity contribution < 1.29 is 27.5 Å². The van der Waals surface area contributed by atoms with Crippen LogP contribution in [0.4, 0.5) is 13.2 Å². The first-order chi connectivity index (χ1) is 16.4. The predicted molar refractivity (Wildman–Crippen MR) is 118 cm³/mol. The standard InChI is InChI=1S/C24H23F3N4O3/c25-24(26,27)16-5-8-30(9-6-16)10-11-33-18-3-4-22-19(13-18)20(29-32)14-23(34-22)21-12-17-2-1-7-31(17)15-28-21/h1-4,7,12-16,32H,5-6,8-11H2. The maximum Gasteiger partial charge on any atom is 0.391 e. The van der Waals surface area contributed by atoms with Crippen molar-refractivity contribution in [3.63, 3.8) is 0 Å². The molecule has 1 fully saturated rings. The molecule has 4 aromatic rings. The molecule has 1 aliphatic rings. The monoisotopic (exact) mass is 472 g/mol. The van der Waals surface area contributed by atoms with Crippen LogP contribution >= 0.6 is 0 Å². The van der Waals surface area contributed by atoms with E-state index in [1.807, 2.05) is 33.7 Å². The molecule has 0 bridgehead atoms. The van der Waals surface area contributed by atoms with Gasteiger partial charge in [0.2, 0.25) is 0 Å². The summed E-state index contributed by atoms with van der Waals surface area (Å²) >= 11 is 0. The molecule has 178 valence electrons. The SMILES string of the molecule is ON=c1cc(-c2cc3cccn3cn2)oc2ccc(OCCN3CCC(C(F)(F)F)CC3)cc12. The second kappa shape index (κ2) is 9.02. The van der Waals surface area contributed by atoms with E-state index in [-0.39, 0.29) is 12.8 Å². The molecule has 1 aromatic carbocycles. The third-order valence-electron chi connectivity index (χ3n) is 6.22. The Morgan fingerprint density at radius 3 is 2.74 bits per heavy atom. The molecule has 4 heterocycles. The van der Waals surface area contributed by atoms with E-state index in [2.05, 4.69) is 10.1 Å². The van der Waals surface area contributed by atoms with Crippen LogP contribution in [0.25, 0.3) is 27.9 Å². The van der Waals surface area contributed by atoms with Gasteiger partial charge in [-0.05, 0) is 62.3 Å². The lowest BCUT2D eigenvalue weighted by molar-refractivity contribution is -0.185. The van der Waals surface area contributed by atoms with Gasteiger partial charge in [-0.25, -0.2) is 4.98 Å². The zero-order valence-electron chi connectivity index (χ0n) is 18.2. The molecule has 5 rings (SSSR count). The molecule has 0 amide bonds. The Hall–Kier alpha value is -3.53. The van der Waals surface area contributed by atoms with E-state index < -0.39 is 12.1 Å². The number of rotatable bonds is 5. The van der Waals surface area contributed by atoms with Crippen LogP contribution in [-0.2, 0) is 0 Å². The molecule has 1 N–H and O–H groups in total. The van der Waals surface area contributed by atoms with E-state index in [4.69, 9.17) is 9.15 Å². The van der Waals surface area contributed by atoms with Crippen LogP contribution < -0.4 is 10.1 Å². The molecule has 0 atom stereocenters. The molecule has 7 nitrogen and oxygen atoms in total. The molecule has 34 heavy (non-hydrogen) atoms. The maximum atomic E-state index is 12.8. The summed E-state index contributed by atoms with van der Waals surface area (Å²) in [4.78, 5) is 6.39. The van der Waals surface area contributed by atoms with E-state index in [9.17, 15) is 18.4 Å². The number of aromatic nitrogens is 2. The number of piperidine rings is 1. The lowest BCUT2D eigenvalue weighted by Gasteiger charge is -2.32. The molecule has 1 aliphatic heterocycles. The van der Waals surface area contributed by atoms with Gasteiger partial charge in [-0.2, -0.15) is 13.2 Å². The predicted octanol–water partition coefficient (Wildman–Crippen LogP) is 4.69. The Labute approximate surface area is 192 Å². The summed E-state index contributed by atoms with van der Waals surface area (Å²) in [6, 6.07) is 12.5. The van der Waals surface area contributed by atoms with Gasteiger partial charge < -0.3 is 18.8 Å². The molecular weight excluding hydrogens is 449 g/mol. The third-order valence-corrected chi connectivity index (χ3v) is 6.22. The molecule has 10 heteroatoms. The van der Waals surface area contributed by atoms with Crippen molar-refractivity contribution in [1.29, 1.82) is 0 Å². The Kier molecular flexibility index (Phi) is 5.91. The van der Waals surface area contributed by atoms with Crippen molar-refractivity contribution >= 4 is 16.5 Å². The fourth-order valence-corrected chi connectivity index (χ4v) is 4.29. The highest BCUT2D eigenvalue weighted by atomic mass is 19.4. The van der Waals surface area contributed by atoms with E-state index in [1.54, 1.807) is 30.6 Å². The second-order valence-corrected chi connectivity index (χ2v) is 8.37. The number of ether oxygens (including phenoxy) is 1. The van der Waals surface area contributed by atoms with E-state index in [0.717, 1.165) is 5.52 Å². The average Bonchev–Trinajstić information content (AvgIpc) is 3.31. The second-order valence-electron chi connectivity index (χ2n) is 8.37. The van der Waals surface area contributed by atoms with Crippen LogP contribution in [0, 0.1) is 5.92 Å². The summed E-state index contributed by atoms with van der Waals surface area (Å²) in [6.07, 6.45) is -0.292. The number of nitrogens with zero attached hydrogens (tertiary/aromatic N) is 4. The molecule has 1 saturated heterocycles. The fourth-order valence-electron chi connectivity index (χ4n) is 4.29. The van der Waals surface area contributed by atoms with Gasteiger partial charge in [-0.15, -0.1) is 0 Å². The van der Waals surface area contributed by atoms with Gasteiger partial charge in [-0.1, -0.05) is 5.16 Å². The quantitative estimate of drug-likeness (QED) is 0.337. The summed E-state index contributed by atoms with van der Waals surface area (Å²) in [5, 5.41) is 13.9. The normalized spacial score (nSPS) is 16.5.